The molecule has 0 radical (unpaired) electrons. The third kappa shape index (κ3) is 4.12. The lowest BCUT2D eigenvalue weighted by Crippen LogP contribution is -2.11. The maximum Gasteiger partial charge on any atom is 0.255 e. The molecule has 20 heavy (non-hydrogen) atoms. The van der Waals surface area contributed by atoms with E-state index in [1.54, 1.807) is 12.1 Å². The maximum atomic E-state index is 12.0. The highest BCUT2D eigenvalue weighted by molar-refractivity contribution is 6.04. The molecule has 0 aromatic heterocycles. The number of rotatable bonds is 5. The van der Waals surface area contributed by atoms with E-state index in [9.17, 15) is 4.79 Å². The van der Waals surface area contributed by atoms with E-state index in [0.29, 0.717) is 18.1 Å². The Labute approximate surface area is 119 Å². The van der Waals surface area contributed by atoms with E-state index in [4.69, 9.17) is 4.74 Å². The Morgan fingerprint density at radius 3 is 2.55 bits per heavy atom. The van der Waals surface area contributed by atoms with Gasteiger partial charge in [0.25, 0.3) is 5.91 Å². The van der Waals surface area contributed by atoms with E-state index in [-0.39, 0.29) is 5.91 Å². The standard InChI is InChI=1S/C17H19NO2/c1-13(2)12-20-16-10-6-9-15(11-16)18-17(19)14-7-4-3-5-8-14/h3-11,13H,12H2,1-2H3,(H,18,19). The van der Waals surface area contributed by atoms with Gasteiger partial charge in [-0.05, 0) is 30.2 Å². The molecule has 0 unspecified atom stereocenters. The molecule has 0 bridgehead atoms. The van der Waals surface area contributed by atoms with Crippen molar-refractivity contribution in [1.29, 1.82) is 0 Å². The number of hydrogen-bond donors (Lipinski definition) is 1. The normalized spacial score (nSPS) is 10.3. The van der Waals surface area contributed by atoms with Crippen LogP contribution in [0.3, 0.4) is 0 Å². The third-order valence-corrected chi connectivity index (χ3v) is 2.71. The second-order valence-electron chi connectivity index (χ2n) is 5.05. The summed E-state index contributed by atoms with van der Waals surface area (Å²) in [6.45, 7) is 4.86. The van der Waals surface area contributed by atoms with Crippen LogP contribution in [-0.2, 0) is 0 Å². The van der Waals surface area contributed by atoms with Gasteiger partial charge < -0.3 is 10.1 Å². The summed E-state index contributed by atoms with van der Waals surface area (Å²) in [6.07, 6.45) is 0. The van der Waals surface area contributed by atoms with E-state index >= 15 is 0 Å². The Bertz CT molecular complexity index is 564. The first kappa shape index (κ1) is 14.1. The zero-order chi connectivity index (χ0) is 14.4. The quantitative estimate of drug-likeness (QED) is 0.891. The molecule has 3 nitrogen and oxygen atoms in total. The highest BCUT2D eigenvalue weighted by Gasteiger charge is 2.06. The Kier molecular flexibility index (Phi) is 4.77. The summed E-state index contributed by atoms with van der Waals surface area (Å²) in [6, 6.07) is 16.6. The molecule has 0 heterocycles. The van der Waals surface area contributed by atoms with Gasteiger partial charge in [0.05, 0.1) is 6.61 Å². The van der Waals surface area contributed by atoms with Crippen LogP contribution in [0.2, 0.25) is 0 Å². The molecule has 2 aromatic carbocycles. The minimum Gasteiger partial charge on any atom is -0.493 e. The molecule has 0 aliphatic rings. The van der Waals surface area contributed by atoms with Crippen molar-refractivity contribution in [2.45, 2.75) is 13.8 Å². The zero-order valence-electron chi connectivity index (χ0n) is 11.8. The number of amides is 1. The lowest BCUT2D eigenvalue weighted by atomic mass is 10.2. The summed E-state index contributed by atoms with van der Waals surface area (Å²) in [5.74, 6) is 1.12. The zero-order valence-corrected chi connectivity index (χ0v) is 11.8. The molecule has 1 N–H and O–H groups in total. The number of benzene rings is 2. The van der Waals surface area contributed by atoms with Crippen molar-refractivity contribution >= 4 is 11.6 Å². The fraction of sp³-hybridized carbons (Fsp3) is 0.235. The number of ether oxygens (including phenoxy) is 1. The minimum atomic E-state index is -0.119. The lowest BCUT2D eigenvalue weighted by Gasteiger charge is -2.10. The van der Waals surface area contributed by atoms with Crippen molar-refractivity contribution in [3.8, 4) is 5.75 Å². The Hall–Kier alpha value is -2.29. The fourth-order valence-corrected chi connectivity index (χ4v) is 1.72. The molecule has 3 heteroatoms. The van der Waals surface area contributed by atoms with Crippen LogP contribution in [0.4, 0.5) is 5.69 Å². The molecule has 2 rings (SSSR count). The third-order valence-electron chi connectivity index (χ3n) is 2.71. The van der Waals surface area contributed by atoms with Gasteiger partial charge in [0.15, 0.2) is 0 Å². The molecule has 0 atom stereocenters. The van der Waals surface area contributed by atoms with Crippen molar-refractivity contribution < 1.29 is 9.53 Å². The molecule has 0 fully saturated rings. The summed E-state index contributed by atoms with van der Waals surface area (Å²) in [4.78, 5) is 12.0. The molecular formula is C17H19NO2. The molecule has 0 aliphatic heterocycles. The second kappa shape index (κ2) is 6.75. The average molecular weight is 269 g/mol. The van der Waals surface area contributed by atoms with Crippen LogP contribution >= 0.6 is 0 Å². The van der Waals surface area contributed by atoms with Crippen molar-refractivity contribution in [2.24, 2.45) is 5.92 Å². The monoisotopic (exact) mass is 269 g/mol. The van der Waals surface area contributed by atoms with Crippen molar-refractivity contribution in [3.63, 3.8) is 0 Å². The van der Waals surface area contributed by atoms with Gasteiger partial charge in [-0.2, -0.15) is 0 Å². The van der Waals surface area contributed by atoms with E-state index in [1.165, 1.54) is 0 Å². The van der Waals surface area contributed by atoms with Crippen LogP contribution in [0.15, 0.2) is 54.6 Å². The molecule has 0 spiro atoms. The Morgan fingerprint density at radius 1 is 1.10 bits per heavy atom. The lowest BCUT2D eigenvalue weighted by molar-refractivity contribution is 0.102. The largest absolute Gasteiger partial charge is 0.493 e. The Balaban J connectivity index is 2.02. The smallest absolute Gasteiger partial charge is 0.255 e. The first-order chi connectivity index (χ1) is 9.65. The topological polar surface area (TPSA) is 38.3 Å². The van der Waals surface area contributed by atoms with Crippen molar-refractivity contribution in [2.75, 3.05) is 11.9 Å². The maximum absolute atomic E-state index is 12.0. The number of nitrogens with one attached hydrogen (secondary N) is 1. The fourth-order valence-electron chi connectivity index (χ4n) is 1.72. The van der Waals surface area contributed by atoms with Crippen LogP contribution in [0.1, 0.15) is 24.2 Å². The van der Waals surface area contributed by atoms with Crippen LogP contribution in [0.5, 0.6) is 5.75 Å². The van der Waals surface area contributed by atoms with Gasteiger partial charge in [-0.3, -0.25) is 4.79 Å². The first-order valence-corrected chi connectivity index (χ1v) is 6.74. The molecule has 2 aromatic rings. The van der Waals surface area contributed by atoms with E-state index < -0.39 is 0 Å². The summed E-state index contributed by atoms with van der Waals surface area (Å²) < 4.78 is 5.64. The van der Waals surface area contributed by atoms with Gasteiger partial charge >= 0.3 is 0 Å². The second-order valence-corrected chi connectivity index (χ2v) is 5.05. The number of carbonyl (C=O) groups excluding carboxylic acids is 1. The van der Waals surface area contributed by atoms with Gasteiger partial charge in [0.2, 0.25) is 0 Å². The molecule has 1 amide bonds. The van der Waals surface area contributed by atoms with E-state index in [0.717, 1.165) is 11.4 Å². The number of carbonyl (C=O) groups is 1. The van der Waals surface area contributed by atoms with Crippen LogP contribution in [0.25, 0.3) is 0 Å². The first-order valence-electron chi connectivity index (χ1n) is 6.74. The molecular weight excluding hydrogens is 250 g/mol. The SMILES string of the molecule is CC(C)COc1cccc(NC(=O)c2ccccc2)c1. The Morgan fingerprint density at radius 2 is 1.85 bits per heavy atom. The summed E-state index contributed by atoms with van der Waals surface area (Å²) in [5, 5.41) is 2.87. The molecule has 0 saturated heterocycles. The minimum absolute atomic E-state index is 0.119. The predicted octanol–water partition coefficient (Wildman–Crippen LogP) is 3.97. The number of hydrogen-bond acceptors (Lipinski definition) is 2. The van der Waals surface area contributed by atoms with Gasteiger partial charge in [-0.15, -0.1) is 0 Å². The van der Waals surface area contributed by atoms with Crippen LogP contribution in [-0.4, -0.2) is 12.5 Å². The van der Waals surface area contributed by atoms with Gasteiger partial charge in [0, 0.05) is 17.3 Å². The van der Waals surface area contributed by atoms with Crippen molar-refractivity contribution in [3.05, 3.63) is 60.2 Å². The summed E-state index contributed by atoms with van der Waals surface area (Å²) >= 11 is 0. The van der Waals surface area contributed by atoms with Gasteiger partial charge in [-0.25, -0.2) is 0 Å². The van der Waals surface area contributed by atoms with Crippen LogP contribution < -0.4 is 10.1 Å². The summed E-state index contributed by atoms with van der Waals surface area (Å²) in [7, 11) is 0. The van der Waals surface area contributed by atoms with Crippen molar-refractivity contribution in [1.82, 2.24) is 0 Å². The van der Waals surface area contributed by atoms with E-state index in [1.807, 2.05) is 42.5 Å². The molecule has 0 saturated carbocycles. The number of anilines is 1. The summed E-state index contributed by atoms with van der Waals surface area (Å²) in [5.41, 5.74) is 1.38. The molecule has 104 valence electrons. The van der Waals surface area contributed by atoms with Gasteiger partial charge in [0.1, 0.15) is 5.75 Å². The van der Waals surface area contributed by atoms with Gasteiger partial charge in [-0.1, -0.05) is 38.1 Å². The van der Waals surface area contributed by atoms with Crippen LogP contribution in [0, 0.1) is 5.92 Å². The van der Waals surface area contributed by atoms with E-state index in [2.05, 4.69) is 19.2 Å². The molecule has 0 aliphatic carbocycles. The highest BCUT2D eigenvalue weighted by atomic mass is 16.5. The average Bonchev–Trinajstić information content (AvgIpc) is 2.46. The predicted molar refractivity (Wildman–Crippen MR) is 81.2 cm³/mol. The highest BCUT2D eigenvalue weighted by Crippen LogP contribution is 2.18.